The van der Waals surface area contributed by atoms with E-state index in [-0.39, 0.29) is 35.6 Å². The summed E-state index contributed by atoms with van der Waals surface area (Å²) < 4.78 is 39.6. The Balaban J connectivity index is 0.000000707. The number of carbonyl (C=O) groups excluding carboxylic acids is 2. The van der Waals surface area contributed by atoms with Crippen molar-refractivity contribution in [1.29, 1.82) is 0 Å². The number of aliphatic carboxylic acids is 1. The summed E-state index contributed by atoms with van der Waals surface area (Å²) in [7, 11) is 1.47. The first kappa shape index (κ1) is 35.3. The van der Waals surface area contributed by atoms with Crippen LogP contribution in [-0.2, 0) is 11.3 Å². The molecule has 13 heteroatoms. The van der Waals surface area contributed by atoms with E-state index in [9.17, 15) is 27.6 Å². The molecule has 1 amide bonds. The monoisotopic (exact) mass is 647 g/mol. The average molecular weight is 648 g/mol. The maximum atomic E-state index is 13.8. The number of alkyl halides is 3. The number of halogens is 3. The molecule has 4 aromatic rings. The lowest BCUT2D eigenvalue weighted by molar-refractivity contribution is -0.192. The lowest BCUT2D eigenvalue weighted by atomic mass is 10.1. The summed E-state index contributed by atoms with van der Waals surface area (Å²) in [6, 6.07) is 16.4. The summed E-state index contributed by atoms with van der Waals surface area (Å²) in [6.45, 7) is 9.21. The van der Waals surface area contributed by atoms with Gasteiger partial charge in [0.05, 0.1) is 23.9 Å². The van der Waals surface area contributed by atoms with Crippen molar-refractivity contribution in [3.63, 3.8) is 0 Å². The highest BCUT2D eigenvalue weighted by Gasteiger charge is 2.38. The Morgan fingerprint density at radius 3 is 2.22 bits per heavy atom. The van der Waals surface area contributed by atoms with E-state index in [2.05, 4.69) is 24.1 Å². The SMILES string of the molecule is CCN(CC)CCCC(C)NC(=O)c1sc2c(c1OC)c(=O)n(CC(=O)c1ccccc1)c1ccccc21.O=C(O)C(F)(F)F. The normalized spacial score (nSPS) is 12.1. The van der Waals surface area contributed by atoms with E-state index in [4.69, 9.17) is 14.6 Å². The number of rotatable bonds is 12. The van der Waals surface area contributed by atoms with Crippen LogP contribution in [0.25, 0.3) is 21.0 Å². The minimum absolute atomic E-state index is 0.0233. The number of carbonyl (C=O) groups is 3. The Labute approximate surface area is 262 Å². The first-order chi connectivity index (χ1) is 21.3. The van der Waals surface area contributed by atoms with Gasteiger partial charge in [0, 0.05) is 17.0 Å². The van der Waals surface area contributed by atoms with Gasteiger partial charge in [-0.2, -0.15) is 13.2 Å². The minimum Gasteiger partial charge on any atom is -0.494 e. The van der Waals surface area contributed by atoms with Crippen LogP contribution in [0, 0.1) is 0 Å². The van der Waals surface area contributed by atoms with Crippen molar-refractivity contribution in [2.24, 2.45) is 0 Å². The highest BCUT2D eigenvalue weighted by molar-refractivity contribution is 7.22. The minimum atomic E-state index is -5.08. The van der Waals surface area contributed by atoms with Gasteiger partial charge >= 0.3 is 12.1 Å². The summed E-state index contributed by atoms with van der Waals surface area (Å²) in [4.78, 5) is 51.8. The van der Waals surface area contributed by atoms with E-state index in [1.165, 1.54) is 23.0 Å². The average Bonchev–Trinajstić information content (AvgIpc) is 3.42. The van der Waals surface area contributed by atoms with Gasteiger partial charge < -0.3 is 20.1 Å². The summed E-state index contributed by atoms with van der Waals surface area (Å²) in [5.41, 5.74) is 0.841. The summed E-state index contributed by atoms with van der Waals surface area (Å²) >= 11 is 1.26. The number of methoxy groups -OCH3 is 1. The summed E-state index contributed by atoms with van der Waals surface area (Å²) in [6.07, 6.45) is -3.25. The van der Waals surface area contributed by atoms with Crippen LogP contribution in [0.2, 0.25) is 0 Å². The Kier molecular flexibility index (Phi) is 12.3. The van der Waals surface area contributed by atoms with Gasteiger partial charge in [-0.05, 0) is 45.5 Å². The fraction of sp³-hybridized carbons (Fsp3) is 0.375. The molecule has 0 bridgehead atoms. The molecule has 0 saturated heterocycles. The van der Waals surface area contributed by atoms with E-state index in [1.807, 2.05) is 37.3 Å². The molecule has 0 fully saturated rings. The number of carboxylic acids is 1. The highest BCUT2D eigenvalue weighted by atomic mass is 32.1. The second-order valence-corrected chi connectivity index (χ2v) is 11.2. The molecule has 4 rings (SSSR count). The van der Waals surface area contributed by atoms with Crippen molar-refractivity contribution in [2.75, 3.05) is 26.7 Å². The van der Waals surface area contributed by atoms with Crippen molar-refractivity contribution in [2.45, 2.75) is 52.4 Å². The number of pyridine rings is 1. The van der Waals surface area contributed by atoms with E-state index < -0.39 is 12.1 Å². The fourth-order valence-electron chi connectivity index (χ4n) is 4.83. The van der Waals surface area contributed by atoms with E-state index >= 15 is 0 Å². The van der Waals surface area contributed by atoms with Gasteiger partial charge in [0.1, 0.15) is 10.3 Å². The van der Waals surface area contributed by atoms with Crippen LogP contribution < -0.4 is 15.6 Å². The van der Waals surface area contributed by atoms with Crippen molar-refractivity contribution < 1.29 is 37.4 Å². The molecule has 2 aromatic heterocycles. The second kappa shape index (κ2) is 15.7. The van der Waals surface area contributed by atoms with Crippen molar-refractivity contribution >= 4 is 50.0 Å². The Hall–Kier alpha value is -4.23. The zero-order chi connectivity index (χ0) is 33.3. The molecule has 2 N–H and O–H groups in total. The number of carboxylic acid groups (broad SMARTS) is 1. The quantitative estimate of drug-likeness (QED) is 0.182. The second-order valence-electron chi connectivity index (χ2n) is 10.2. The number of benzene rings is 2. The Morgan fingerprint density at radius 1 is 1.04 bits per heavy atom. The van der Waals surface area contributed by atoms with Gasteiger partial charge in [-0.3, -0.25) is 19.0 Å². The third kappa shape index (κ3) is 8.70. The van der Waals surface area contributed by atoms with E-state index in [0.29, 0.717) is 26.0 Å². The van der Waals surface area contributed by atoms with Gasteiger partial charge in [-0.15, -0.1) is 11.3 Å². The molecular weight excluding hydrogens is 611 g/mol. The fourth-order valence-corrected chi connectivity index (χ4v) is 6.03. The molecule has 45 heavy (non-hydrogen) atoms. The molecule has 0 aliphatic carbocycles. The number of Topliss-reactive ketones (excluding diaryl/α,β-unsaturated/α-hetero) is 1. The Bertz CT molecular complexity index is 1700. The smallest absolute Gasteiger partial charge is 0.490 e. The molecule has 242 valence electrons. The number of ketones is 1. The molecule has 0 aliphatic heterocycles. The van der Waals surface area contributed by atoms with Gasteiger partial charge in [-0.1, -0.05) is 62.4 Å². The predicted molar refractivity (Wildman–Crippen MR) is 169 cm³/mol. The molecule has 9 nitrogen and oxygen atoms in total. The van der Waals surface area contributed by atoms with Crippen LogP contribution in [0.4, 0.5) is 13.2 Å². The number of hydrogen-bond donors (Lipinski definition) is 2. The van der Waals surface area contributed by atoms with E-state index in [1.54, 1.807) is 24.3 Å². The first-order valence-corrected chi connectivity index (χ1v) is 15.2. The molecule has 2 aromatic carbocycles. The largest absolute Gasteiger partial charge is 0.494 e. The van der Waals surface area contributed by atoms with Gasteiger partial charge in [-0.25, -0.2) is 4.79 Å². The van der Waals surface area contributed by atoms with Crippen LogP contribution >= 0.6 is 11.3 Å². The molecule has 2 heterocycles. The summed E-state index contributed by atoms with van der Waals surface area (Å²) in [5, 5.41) is 11.3. The van der Waals surface area contributed by atoms with Crippen molar-refractivity contribution in [3.05, 3.63) is 75.4 Å². The number of thiophene rings is 1. The zero-order valence-electron chi connectivity index (χ0n) is 25.4. The van der Waals surface area contributed by atoms with Crippen LogP contribution in [0.15, 0.2) is 59.4 Å². The maximum Gasteiger partial charge on any atom is 0.490 e. The number of aromatic nitrogens is 1. The van der Waals surface area contributed by atoms with Crippen LogP contribution in [-0.4, -0.2) is 71.2 Å². The number of ether oxygens (including phenoxy) is 1. The maximum absolute atomic E-state index is 13.8. The summed E-state index contributed by atoms with van der Waals surface area (Å²) in [5.74, 6) is -2.92. The number of nitrogens with zero attached hydrogens (tertiary/aromatic N) is 2. The lowest BCUT2D eigenvalue weighted by Gasteiger charge is -2.19. The molecular formula is C32H36F3N3O6S. The molecule has 0 spiro atoms. The van der Waals surface area contributed by atoms with Gasteiger partial charge in [0.15, 0.2) is 11.5 Å². The molecule has 0 radical (unpaired) electrons. The van der Waals surface area contributed by atoms with Gasteiger partial charge in [0.2, 0.25) is 0 Å². The number of amides is 1. The third-order valence-electron chi connectivity index (χ3n) is 7.20. The van der Waals surface area contributed by atoms with Crippen molar-refractivity contribution in [3.8, 4) is 5.75 Å². The number of fused-ring (bicyclic) bond motifs is 3. The number of hydrogen-bond acceptors (Lipinski definition) is 7. The van der Waals surface area contributed by atoms with Crippen LogP contribution in [0.3, 0.4) is 0 Å². The van der Waals surface area contributed by atoms with Crippen molar-refractivity contribution in [1.82, 2.24) is 14.8 Å². The molecule has 0 aliphatic rings. The first-order valence-electron chi connectivity index (χ1n) is 14.4. The Morgan fingerprint density at radius 2 is 1.64 bits per heavy atom. The lowest BCUT2D eigenvalue weighted by Crippen LogP contribution is -2.33. The van der Waals surface area contributed by atoms with E-state index in [0.717, 1.165) is 37.9 Å². The zero-order valence-corrected chi connectivity index (χ0v) is 26.3. The van der Waals surface area contributed by atoms with Crippen LogP contribution in [0.5, 0.6) is 5.75 Å². The number of para-hydroxylation sites is 1. The third-order valence-corrected chi connectivity index (χ3v) is 8.40. The predicted octanol–water partition coefficient (Wildman–Crippen LogP) is 5.98. The van der Waals surface area contributed by atoms with Gasteiger partial charge in [0.25, 0.3) is 11.5 Å². The topological polar surface area (TPSA) is 118 Å². The molecule has 1 unspecified atom stereocenters. The molecule has 0 saturated carbocycles. The number of nitrogens with one attached hydrogen (secondary N) is 1. The highest BCUT2D eigenvalue weighted by Crippen LogP contribution is 2.39. The molecule has 1 atom stereocenters. The van der Waals surface area contributed by atoms with Crippen LogP contribution in [0.1, 0.15) is 53.6 Å². The standard InChI is InChI=1S/C30H35N3O4S.C2HF3O2/c1-5-32(6-2)18-12-13-20(3)31-29(35)28-26(37-4)25-27(38-28)22-16-10-11-17-23(22)33(30(25)36)19-24(34)21-14-8-7-9-15-21;3-2(4,5)1(6)7/h7-11,14-17,20H,5-6,12-13,18-19H2,1-4H3,(H,31,35);(H,6,7).